The van der Waals surface area contributed by atoms with Gasteiger partial charge in [-0.1, -0.05) is 24.3 Å². The van der Waals surface area contributed by atoms with Gasteiger partial charge < -0.3 is 11.1 Å². The number of nitrogens with one attached hydrogen (secondary N) is 1. The summed E-state index contributed by atoms with van der Waals surface area (Å²) in [4.78, 5) is 7.35. The molecular weight excluding hydrogens is 402 g/mol. The largest absolute Gasteiger partial charge is 0.367 e. The Kier molecular flexibility index (Phi) is 4.54. The minimum atomic E-state index is -4.14. The highest BCUT2D eigenvalue weighted by atomic mass is 32.2. The van der Waals surface area contributed by atoms with E-state index in [2.05, 4.69) is 20.2 Å². The molecule has 1 heterocycles. The van der Waals surface area contributed by atoms with Crippen molar-refractivity contribution in [1.29, 1.82) is 5.26 Å². The lowest BCUT2D eigenvalue weighted by Crippen LogP contribution is -2.17. The van der Waals surface area contributed by atoms with Crippen molar-refractivity contribution in [2.75, 3.05) is 11.1 Å². The van der Waals surface area contributed by atoms with Crippen molar-refractivity contribution in [3.05, 3.63) is 77.6 Å². The van der Waals surface area contributed by atoms with E-state index in [0.29, 0.717) is 31.8 Å². The number of nitriles is 1. The zero-order valence-corrected chi connectivity index (χ0v) is 16.1. The third kappa shape index (κ3) is 3.28. The Morgan fingerprint density at radius 2 is 1.90 bits per heavy atom. The monoisotopic (exact) mass is 415 g/mol. The van der Waals surface area contributed by atoms with E-state index in [1.54, 1.807) is 54.6 Å². The maximum Gasteiger partial charge on any atom is 0.286 e. The van der Waals surface area contributed by atoms with Crippen molar-refractivity contribution >= 4 is 44.1 Å². The van der Waals surface area contributed by atoms with E-state index in [4.69, 9.17) is 17.6 Å². The van der Waals surface area contributed by atoms with E-state index >= 15 is 0 Å². The van der Waals surface area contributed by atoms with Crippen molar-refractivity contribution in [2.45, 2.75) is 4.90 Å². The summed E-state index contributed by atoms with van der Waals surface area (Å²) in [6.07, 6.45) is 0. The predicted molar refractivity (Wildman–Crippen MR) is 112 cm³/mol. The molecule has 0 atom stereocenters. The summed E-state index contributed by atoms with van der Waals surface area (Å²) in [5.74, 6) is -0.308. The molecule has 0 aliphatic rings. The molecule has 0 aliphatic heterocycles. The van der Waals surface area contributed by atoms with Crippen LogP contribution in [0, 0.1) is 17.9 Å². The second-order valence-electron chi connectivity index (χ2n) is 6.23. The molecule has 0 radical (unpaired) electrons. The van der Waals surface area contributed by atoms with E-state index in [9.17, 15) is 8.42 Å². The Labute approximate surface area is 171 Å². The number of nitrogens with two attached hydrogens (primary N) is 1. The predicted octanol–water partition coefficient (Wildman–Crippen LogP) is 3.42. The molecule has 4 rings (SSSR count). The number of nitrogen functional groups attached to an aromatic ring is 1. The Hall–Kier alpha value is -4.41. The van der Waals surface area contributed by atoms with Crippen molar-refractivity contribution in [3.8, 4) is 6.07 Å². The molecule has 0 amide bonds. The molecule has 0 unspecified atom stereocenters. The highest BCUT2D eigenvalue weighted by Gasteiger charge is 2.25. The van der Waals surface area contributed by atoms with Crippen molar-refractivity contribution in [3.63, 3.8) is 0 Å². The average molecular weight is 415 g/mol. The maximum atomic E-state index is 13.2. The summed E-state index contributed by atoms with van der Waals surface area (Å²) in [6.45, 7) is 7.12. The molecular formula is C20H13N7O2S. The van der Waals surface area contributed by atoms with Gasteiger partial charge in [0.15, 0.2) is 5.69 Å². The molecule has 3 aromatic carbocycles. The van der Waals surface area contributed by atoms with Crippen molar-refractivity contribution < 1.29 is 8.42 Å². The Balaban J connectivity index is 1.74. The topological polar surface area (TPSA) is 131 Å². The van der Waals surface area contributed by atoms with E-state index in [1.807, 2.05) is 6.07 Å². The van der Waals surface area contributed by atoms with Gasteiger partial charge >= 0.3 is 0 Å². The zero-order valence-electron chi connectivity index (χ0n) is 15.3. The number of aromatic nitrogens is 3. The quantitative estimate of drug-likeness (QED) is 0.488. The van der Waals surface area contributed by atoms with Gasteiger partial charge in [-0.3, -0.25) is 0 Å². The summed E-state index contributed by atoms with van der Waals surface area (Å²) in [6, 6.07) is 18.0. The molecule has 0 fully saturated rings. The van der Waals surface area contributed by atoms with Crippen molar-refractivity contribution in [2.24, 2.45) is 0 Å². The number of benzene rings is 3. The lowest BCUT2D eigenvalue weighted by molar-refractivity contribution is 0.582. The van der Waals surface area contributed by atoms with Crippen LogP contribution in [-0.4, -0.2) is 22.6 Å². The SMILES string of the molecule is [C-]#[N+]c1ccc2c(S(=O)(=O)n3nc(Nc4ccc(C#N)cc4)nc3N)cccc2c1. The van der Waals surface area contributed by atoms with Crippen LogP contribution in [0.5, 0.6) is 0 Å². The Bertz CT molecular complexity index is 1460. The first kappa shape index (κ1) is 18.9. The number of anilines is 3. The van der Waals surface area contributed by atoms with Crippen LogP contribution >= 0.6 is 0 Å². The third-order valence-corrected chi connectivity index (χ3v) is 5.97. The normalized spacial score (nSPS) is 11.0. The van der Waals surface area contributed by atoms with Crippen LogP contribution in [0.4, 0.5) is 23.3 Å². The maximum absolute atomic E-state index is 13.2. The van der Waals surface area contributed by atoms with Gasteiger partial charge in [0.05, 0.1) is 23.1 Å². The highest BCUT2D eigenvalue weighted by Crippen LogP contribution is 2.29. The molecule has 30 heavy (non-hydrogen) atoms. The molecule has 0 bridgehead atoms. The molecule has 0 aliphatic carbocycles. The van der Waals surface area contributed by atoms with E-state index in [1.165, 1.54) is 6.07 Å². The van der Waals surface area contributed by atoms with Crippen molar-refractivity contribution in [1.82, 2.24) is 14.2 Å². The van der Waals surface area contributed by atoms with Gasteiger partial charge in [0, 0.05) is 5.69 Å². The summed E-state index contributed by atoms with van der Waals surface area (Å²) < 4.78 is 27.1. The highest BCUT2D eigenvalue weighted by molar-refractivity contribution is 7.90. The minimum absolute atomic E-state index is 0.00180. The molecule has 4 aromatic rings. The van der Waals surface area contributed by atoms with Crippen LogP contribution in [0.2, 0.25) is 0 Å². The van der Waals surface area contributed by atoms with Gasteiger partial charge in [-0.15, -0.1) is 9.19 Å². The fourth-order valence-corrected chi connectivity index (χ4v) is 4.30. The number of nitrogens with zero attached hydrogens (tertiary/aromatic N) is 5. The van der Waals surface area contributed by atoms with Crippen LogP contribution in [0.25, 0.3) is 15.6 Å². The first-order valence-electron chi connectivity index (χ1n) is 8.58. The van der Waals surface area contributed by atoms with Gasteiger partial charge in [-0.25, -0.2) is 4.85 Å². The molecule has 1 aromatic heterocycles. The lowest BCUT2D eigenvalue weighted by Gasteiger charge is -2.09. The van der Waals surface area contributed by atoms with E-state index in [-0.39, 0.29) is 16.8 Å². The van der Waals surface area contributed by atoms with Gasteiger partial charge in [0.2, 0.25) is 11.9 Å². The van der Waals surface area contributed by atoms with Crippen LogP contribution in [0.15, 0.2) is 65.6 Å². The minimum Gasteiger partial charge on any atom is -0.367 e. The second-order valence-corrected chi connectivity index (χ2v) is 7.96. The summed E-state index contributed by atoms with van der Waals surface area (Å²) in [5.41, 5.74) is 7.30. The van der Waals surface area contributed by atoms with E-state index < -0.39 is 10.0 Å². The van der Waals surface area contributed by atoms with Crippen LogP contribution in [-0.2, 0) is 10.0 Å². The first-order chi connectivity index (χ1) is 14.4. The number of rotatable bonds is 4. The van der Waals surface area contributed by atoms with Gasteiger partial charge in [-0.05, 0) is 47.2 Å². The first-order valence-corrected chi connectivity index (χ1v) is 10.0. The third-order valence-electron chi connectivity index (χ3n) is 4.33. The van der Waals surface area contributed by atoms with Gasteiger partial charge in [0.1, 0.15) is 0 Å². The molecule has 0 saturated heterocycles. The van der Waals surface area contributed by atoms with Crippen LogP contribution < -0.4 is 11.1 Å². The summed E-state index contributed by atoms with van der Waals surface area (Å²) in [7, 11) is -4.14. The molecule has 0 saturated carbocycles. The number of fused-ring (bicyclic) bond motifs is 1. The second kappa shape index (κ2) is 7.20. The number of hydrogen-bond acceptors (Lipinski definition) is 7. The molecule has 3 N–H and O–H groups in total. The summed E-state index contributed by atoms with van der Waals surface area (Å²) >= 11 is 0. The smallest absolute Gasteiger partial charge is 0.286 e. The van der Waals surface area contributed by atoms with E-state index in [0.717, 1.165) is 0 Å². The standard InChI is InChI=1S/C20H13N7O2S/c1-23-16-9-10-17-14(11-16)3-2-4-18(17)30(28,29)27-19(22)25-20(26-27)24-15-7-5-13(12-21)6-8-15/h2-11H,(H3,22,24,25,26). The van der Waals surface area contributed by atoms with Gasteiger partial charge in [0.25, 0.3) is 10.0 Å². The fraction of sp³-hybridized carbons (Fsp3) is 0. The summed E-state index contributed by atoms with van der Waals surface area (Å²) in [5, 5.41) is 16.8. The van der Waals surface area contributed by atoms with Crippen LogP contribution in [0.1, 0.15) is 5.56 Å². The Morgan fingerprint density at radius 1 is 1.13 bits per heavy atom. The molecule has 10 heteroatoms. The average Bonchev–Trinajstić information content (AvgIpc) is 3.14. The molecule has 9 nitrogen and oxygen atoms in total. The fourth-order valence-electron chi connectivity index (χ4n) is 2.93. The Morgan fingerprint density at radius 3 is 2.60 bits per heavy atom. The molecule has 146 valence electrons. The van der Waals surface area contributed by atoms with Gasteiger partial charge in [-0.2, -0.15) is 18.7 Å². The lowest BCUT2D eigenvalue weighted by atomic mass is 10.1. The molecule has 0 spiro atoms. The number of hydrogen-bond donors (Lipinski definition) is 2. The zero-order chi connectivity index (χ0) is 21.3. The van der Waals surface area contributed by atoms with Crippen LogP contribution in [0.3, 0.4) is 0 Å².